The summed E-state index contributed by atoms with van der Waals surface area (Å²) in [5, 5.41) is 12.1. The second-order valence-corrected chi connectivity index (χ2v) is 5.01. The highest BCUT2D eigenvalue weighted by atomic mass is 32.1. The van der Waals surface area contributed by atoms with Gasteiger partial charge in [-0.3, -0.25) is 9.78 Å². The van der Waals surface area contributed by atoms with E-state index in [1.807, 2.05) is 23.8 Å². The predicted octanol–water partition coefficient (Wildman–Crippen LogP) is 1.56. The van der Waals surface area contributed by atoms with E-state index in [4.69, 9.17) is 0 Å². The number of aromatic nitrogens is 4. The molecule has 0 bridgehead atoms. The van der Waals surface area contributed by atoms with Crippen LogP contribution in [0.2, 0.25) is 0 Å². The van der Waals surface area contributed by atoms with E-state index >= 15 is 0 Å². The Morgan fingerprint density at radius 2 is 2.05 bits per heavy atom. The lowest BCUT2D eigenvalue weighted by Gasteiger charge is -2.05. The maximum absolute atomic E-state index is 11.8. The molecule has 0 fully saturated rings. The summed E-state index contributed by atoms with van der Waals surface area (Å²) in [4.78, 5) is 27.4. The first-order chi connectivity index (χ1) is 9.65. The summed E-state index contributed by atoms with van der Waals surface area (Å²) in [7, 11) is 0. The van der Waals surface area contributed by atoms with Gasteiger partial charge in [0.15, 0.2) is 0 Å². The first kappa shape index (κ1) is 12.5. The van der Waals surface area contributed by atoms with Gasteiger partial charge in [0.1, 0.15) is 5.69 Å². The molecule has 0 unspecified atom stereocenters. The smallest absolute Gasteiger partial charge is 0.313 e. The van der Waals surface area contributed by atoms with Crippen LogP contribution in [0.5, 0.6) is 0 Å². The Morgan fingerprint density at radius 1 is 1.20 bits per heavy atom. The molecule has 100 valence electrons. The van der Waals surface area contributed by atoms with Crippen molar-refractivity contribution in [3.05, 3.63) is 55.6 Å². The number of hydrogen-bond donors (Lipinski definition) is 2. The lowest BCUT2D eigenvalue weighted by atomic mass is 10.1. The van der Waals surface area contributed by atoms with Crippen molar-refractivity contribution in [3.63, 3.8) is 0 Å². The van der Waals surface area contributed by atoms with Gasteiger partial charge in [-0.1, -0.05) is 0 Å². The SMILES string of the molecule is Cc1nnc(-c2c[nH]c(=O)[nH]c2=O)cc1-c1ccsc1. The third kappa shape index (κ3) is 2.19. The van der Waals surface area contributed by atoms with E-state index in [1.54, 1.807) is 17.4 Å². The van der Waals surface area contributed by atoms with E-state index in [0.717, 1.165) is 16.8 Å². The minimum Gasteiger partial charge on any atom is -0.313 e. The molecule has 0 atom stereocenters. The summed E-state index contributed by atoms with van der Waals surface area (Å²) in [6.45, 7) is 1.86. The molecule has 0 aliphatic heterocycles. The Balaban J connectivity index is 2.19. The largest absolute Gasteiger partial charge is 0.325 e. The van der Waals surface area contributed by atoms with E-state index in [-0.39, 0.29) is 5.56 Å². The van der Waals surface area contributed by atoms with E-state index in [1.165, 1.54) is 6.20 Å². The normalized spacial score (nSPS) is 10.7. The van der Waals surface area contributed by atoms with Crippen molar-refractivity contribution in [2.45, 2.75) is 6.92 Å². The molecule has 6 nitrogen and oxygen atoms in total. The fourth-order valence-electron chi connectivity index (χ4n) is 1.89. The van der Waals surface area contributed by atoms with Gasteiger partial charge in [-0.2, -0.15) is 16.4 Å². The van der Waals surface area contributed by atoms with Crippen LogP contribution < -0.4 is 11.2 Å². The van der Waals surface area contributed by atoms with Gasteiger partial charge in [0.05, 0.1) is 11.3 Å². The fourth-order valence-corrected chi connectivity index (χ4v) is 2.55. The Labute approximate surface area is 117 Å². The van der Waals surface area contributed by atoms with Crippen molar-refractivity contribution < 1.29 is 0 Å². The van der Waals surface area contributed by atoms with Gasteiger partial charge in [0, 0.05) is 11.8 Å². The number of nitrogens with zero attached hydrogens (tertiary/aromatic N) is 2. The Bertz CT molecular complexity index is 865. The van der Waals surface area contributed by atoms with Gasteiger partial charge in [0.25, 0.3) is 5.56 Å². The molecule has 2 N–H and O–H groups in total. The van der Waals surface area contributed by atoms with Crippen LogP contribution in [0.15, 0.2) is 38.7 Å². The lowest BCUT2D eigenvalue weighted by Crippen LogP contribution is -2.22. The molecule has 3 heterocycles. The zero-order valence-corrected chi connectivity index (χ0v) is 11.3. The number of aryl methyl sites for hydroxylation is 1. The molecule has 0 aliphatic rings. The third-order valence-electron chi connectivity index (χ3n) is 2.91. The van der Waals surface area contributed by atoms with E-state index < -0.39 is 11.2 Å². The molecule has 3 rings (SSSR count). The molecule has 0 saturated carbocycles. The molecule has 3 aromatic rings. The van der Waals surface area contributed by atoms with E-state index in [2.05, 4.69) is 20.2 Å². The van der Waals surface area contributed by atoms with Crippen LogP contribution in [0.1, 0.15) is 5.69 Å². The molecule has 0 radical (unpaired) electrons. The van der Waals surface area contributed by atoms with Crippen molar-refractivity contribution in [2.24, 2.45) is 0 Å². The monoisotopic (exact) mass is 286 g/mol. The van der Waals surface area contributed by atoms with Crippen molar-refractivity contribution in [1.82, 2.24) is 20.2 Å². The number of aromatic amines is 2. The number of hydrogen-bond acceptors (Lipinski definition) is 5. The van der Waals surface area contributed by atoms with Gasteiger partial charge in [-0.05, 0) is 35.4 Å². The zero-order valence-electron chi connectivity index (χ0n) is 10.5. The molecule has 0 aromatic carbocycles. The summed E-state index contributed by atoms with van der Waals surface area (Å²) in [6, 6.07) is 3.78. The molecule has 0 saturated heterocycles. The molecular weight excluding hydrogens is 276 g/mol. The highest BCUT2D eigenvalue weighted by Gasteiger charge is 2.11. The highest BCUT2D eigenvalue weighted by molar-refractivity contribution is 7.08. The predicted molar refractivity (Wildman–Crippen MR) is 76.8 cm³/mol. The van der Waals surface area contributed by atoms with Crippen molar-refractivity contribution >= 4 is 11.3 Å². The Morgan fingerprint density at radius 3 is 2.75 bits per heavy atom. The second-order valence-electron chi connectivity index (χ2n) is 4.23. The van der Waals surface area contributed by atoms with Crippen LogP contribution in [0.4, 0.5) is 0 Å². The van der Waals surface area contributed by atoms with Crippen LogP contribution in [0.3, 0.4) is 0 Å². The van der Waals surface area contributed by atoms with Crippen LogP contribution in [0.25, 0.3) is 22.4 Å². The van der Waals surface area contributed by atoms with Gasteiger partial charge in [0.2, 0.25) is 0 Å². The van der Waals surface area contributed by atoms with Gasteiger partial charge >= 0.3 is 5.69 Å². The van der Waals surface area contributed by atoms with Crippen LogP contribution in [0, 0.1) is 6.92 Å². The molecule has 0 spiro atoms. The summed E-state index contributed by atoms with van der Waals surface area (Å²) in [6.07, 6.45) is 1.35. The van der Waals surface area contributed by atoms with E-state index in [0.29, 0.717) is 5.69 Å². The van der Waals surface area contributed by atoms with E-state index in [9.17, 15) is 9.59 Å². The maximum atomic E-state index is 11.8. The Kier molecular flexibility index (Phi) is 3.03. The number of H-pyrrole nitrogens is 2. The second kappa shape index (κ2) is 4.86. The first-order valence-electron chi connectivity index (χ1n) is 5.84. The highest BCUT2D eigenvalue weighted by Crippen LogP contribution is 2.26. The van der Waals surface area contributed by atoms with Crippen LogP contribution >= 0.6 is 11.3 Å². The van der Waals surface area contributed by atoms with Gasteiger partial charge < -0.3 is 4.98 Å². The number of nitrogens with one attached hydrogen (secondary N) is 2. The van der Waals surface area contributed by atoms with Crippen molar-refractivity contribution in [1.29, 1.82) is 0 Å². The molecular formula is C13H10N4O2S. The Hall–Kier alpha value is -2.54. The molecule has 0 amide bonds. The average Bonchev–Trinajstić information content (AvgIpc) is 2.93. The summed E-state index contributed by atoms with van der Waals surface area (Å²) < 4.78 is 0. The quantitative estimate of drug-likeness (QED) is 0.747. The number of rotatable bonds is 2. The first-order valence-corrected chi connectivity index (χ1v) is 6.79. The van der Waals surface area contributed by atoms with Gasteiger partial charge in [-0.15, -0.1) is 5.10 Å². The average molecular weight is 286 g/mol. The van der Waals surface area contributed by atoms with Crippen LogP contribution in [-0.4, -0.2) is 20.2 Å². The number of thiophene rings is 1. The molecule has 0 aliphatic carbocycles. The van der Waals surface area contributed by atoms with Gasteiger partial charge in [-0.25, -0.2) is 4.79 Å². The molecule has 7 heteroatoms. The molecule has 3 aromatic heterocycles. The topological polar surface area (TPSA) is 91.5 Å². The minimum atomic E-state index is -0.545. The zero-order chi connectivity index (χ0) is 14.1. The lowest BCUT2D eigenvalue weighted by molar-refractivity contribution is 0.974. The summed E-state index contributed by atoms with van der Waals surface area (Å²) >= 11 is 1.59. The van der Waals surface area contributed by atoms with Crippen molar-refractivity contribution in [2.75, 3.05) is 0 Å². The minimum absolute atomic E-state index is 0.286. The molecule has 20 heavy (non-hydrogen) atoms. The maximum Gasteiger partial charge on any atom is 0.325 e. The van der Waals surface area contributed by atoms with Crippen molar-refractivity contribution in [3.8, 4) is 22.4 Å². The van der Waals surface area contributed by atoms with Crippen LogP contribution in [-0.2, 0) is 0 Å². The third-order valence-corrected chi connectivity index (χ3v) is 3.59. The summed E-state index contributed by atoms with van der Waals surface area (Å²) in [5.74, 6) is 0. The fraction of sp³-hybridized carbons (Fsp3) is 0.0769. The summed E-state index contributed by atoms with van der Waals surface area (Å²) in [5.41, 5.74) is 2.42. The standard InChI is InChI=1S/C13H10N4O2S/c1-7-9(8-2-3-20-6-8)4-11(17-16-7)10-5-14-13(19)15-12(10)18/h2-6H,1H3,(H2,14,15,18,19).